The molecule has 0 radical (unpaired) electrons. The Kier molecular flexibility index (Phi) is 5.76. The molecular weight excluding hydrogens is 272 g/mol. The van der Waals surface area contributed by atoms with E-state index in [0.717, 1.165) is 25.7 Å². The molecule has 124 valence electrons. The number of allylic oxidation sites excluding steroid dienone is 2. The van der Waals surface area contributed by atoms with Crippen molar-refractivity contribution in [2.75, 3.05) is 0 Å². The highest BCUT2D eigenvalue weighted by Crippen LogP contribution is 2.37. The van der Waals surface area contributed by atoms with Crippen LogP contribution in [0.1, 0.15) is 77.0 Å². The van der Waals surface area contributed by atoms with E-state index in [1.807, 2.05) is 0 Å². The van der Waals surface area contributed by atoms with Gasteiger partial charge in [-0.1, -0.05) is 36.1 Å². The lowest BCUT2D eigenvalue weighted by Crippen LogP contribution is -2.27. The molecule has 4 atom stereocenters. The molecule has 2 saturated carbocycles. The fourth-order valence-electron chi connectivity index (χ4n) is 4.80. The van der Waals surface area contributed by atoms with Gasteiger partial charge in [0.05, 0.1) is 12.2 Å². The predicted octanol–water partition coefficient (Wildman–Crippen LogP) is 4.52. The summed E-state index contributed by atoms with van der Waals surface area (Å²) in [5.41, 5.74) is 3.10. The van der Waals surface area contributed by atoms with Crippen LogP contribution in [0.25, 0.3) is 0 Å². The van der Waals surface area contributed by atoms with Crippen molar-refractivity contribution in [1.82, 2.24) is 0 Å². The first-order valence-electron chi connectivity index (χ1n) is 9.49. The third-order valence-electron chi connectivity index (χ3n) is 6.08. The van der Waals surface area contributed by atoms with Crippen molar-refractivity contribution in [1.29, 1.82) is 0 Å². The van der Waals surface area contributed by atoms with Crippen LogP contribution in [0.5, 0.6) is 0 Å². The standard InChI is InChI=1S/2C10H16O/c2*11-10-7-3-5-8-4-1-2-6-9(8)10/h2*5,9-11H,1-4,6-7H2/t2*9-,10-/m10/s1. The molecule has 0 saturated heterocycles. The molecule has 0 aliphatic heterocycles. The molecule has 4 aliphatic carbocycles. The lowest BCUT2D eigenvalue weighted by Gasteiger charge is -2.32. The maximum Gasteiger partial charge on any atom is 0.0608 e. The van der Waals surface area contributed by atoms with Gasteiger partial charge in [-0.05, 0) is 64.2 Å². The normalized spacial score (nSPS) is 37.7. The van der Waals surface area contributed by atoms with Crippen LogP contribution in [0.2, 0.25) is 0 Å². The molecule has 4 rings (SSSR count). The van der Waals surface area contributed by atoms with E-state index in [-0.39, 0.29) is 12.2 Å². The molecule has 2 N–H and O–H groups in total. The zero-order valence-electron chi connectivity index (χ0n) is 13.8. The Labute approximate surface area is 135 Å². The molecule has 2 nitrogen and oxygen atoms in total. The summed E-state index contributed by atoms with van der Waals surface area (Å²) in [6, 6.07) is 0. The SMILES string of the molecule is O[C@@H]1CCC=C2CCCC[C@H]21.O[C@H]1CCC=C2CCCC[C@@H]21. The van der Waals surface area contributed by atoms with Gasteiger partial charge < -0.3 is 10.2 Å². The molecule has 4 aliphatic rings. The topological polar surface area (TPSA) is 40.5 Å². The average Bonchev–Trinajstić information content (AvgIpc) is 2.57. The highest BCUT2D eigenvalue weighted by Gasteiger charge is 2.28. The summed E-state index contributed by atoms with van der Waals surface area (Å²) in [5, 5.41) is 19.3. The van der Waals surface area contributed by atoms with Gasteiger partial charge in [0.15, 0.2) is 0 Å². The van der Waals surface area contributed by atoms with Gasteiger partial charge in [0.25, 0.3) is 0 Å². The molecule has 0 aromatic carbocycles. The van der Waals surface area contributed by atoms with Gasteiger partial charge in [-0.15, -0.1) is 0 Å². The van der Waals surface area contributed by atoms with E-state index in [0.29, 0.717) is 11.8 Å². The molecule has 2 heteroatoms. The Hall–Kier alpha value is -0.600. The first kappa shape index (κ1) is 16.3. The van der Waals surface area contributed by atoms with E-state index in [2.05, 4.69) is 12.2 Å². The minimum Gasteiger partial charge on any atom is -0.392 e. The Morgan fingerprint density at radius 3 is 1.50 bits per heavy atom. The molecule has 0 aromatic rings. The van der Waals surface area contributed by atoms with E-state index >= 15 is 0 Å². The zero-order chi connectivity index (χ0) is 15.4. The lowest BCUT2D eigenvalue weighted by atomic mass is 9.76. The van der Waals surface area contributed by atoms with E-state index in [9.17, 15) is 10.2 Å². The third-order valence-corrected chi connectivity index (χ3v) is 6.08. The largest absolute Gasteiger partial charge is 0.392 e. The van der Waals surface area contributed by atoms with Gasteiger partial charge in [0.1, 0.15) is 0 Å². The summed E-state index contributed by atoms with van der Waals surface area (Å²) in [7, 11) is 0. The minimum atomic E-state index is -0.0182. The lowest BCUT2D eigenvalue weighted by molar-refractivity contribution is 0.0959. The number of aliphatic hydroxyl groups is 2. The van der Waals surface area contributed by atoms with Crippen LogP contribution in [0, 0.1) is 11.8 Å². The number of hydrogen-bond acceptors (Lipinski definition) is 2. The van der Waals surface area contributed by atoms with Gasteiger partial charge in [-0.25, -0.2) is 0 Å². The predicted molar refractivity (Wildman–Crippen MR) is 90.6 cm³/mol. The van der Waals surface area contributed by atoms with Crippen LogP contribution in [-0.2, 0) is 0 Å². The first-order chi connectivity index (χ1) is 10.8. The highest BCUT2D eigenvalue weighted by atomic mass is 16.3. The van der Waals surface area contributed by atoms with E-state index in [1.165, 1.54) is 51.4 Å². The molecule has 0 unspecified atom stereocenters. The first-order valence-corrected chi connectivity index (χ1v) is 9.49. The van der Waals surface area contributed by atoms with Gasteiger partial charge in [-0.2, -0.15) is 0 Å². The maximum atomic E-state index is 9.66. The third kappa shape index (κ3) is 3.83. The molecule has 22 heavy (non-hydrogen) atoms. The summed E-state index contributed by atoms with van der Waals surface area (Å²) in [6.45, 7) is 0. The van der Waals surface area contributed by atoms with Gasteiger partial charge in [0, 0.05) is 11.8 Å². The van der Waals surface area contributed by atoms with Crippen molar-refractivity contribution in [3.8, 4) is 0 Å². The van der Waals surface area contributed by atoms with Crippen LogP contribution in [0.4, 0.5) is 0 Å². The summed E-state index contributed by atoms with van der Waals surface area (Å²) in [4.78, 5) is 0. The second-order valence-corrected chi connectivity index (χ2v) is 7.55. The van der Waals surface area contributed by atoms with Crippen molar-refractivity contribution in [2.24, 2.45) is 11.8 Å². The second kappa shape index (κ2) is 7.79. The van der Waals surface area contributed by atoms with Crippen LogP contribution in [0.3, 0.4) is 0 Å². The number of hydrogen-bond donors (Lipinski definition) is 2. The molecule has 0 heterocycles. The number of rotatable bonds is 0. The summed E-state index contributed by atoms with van der Waals surface area (Å²) in [6.07, 6.45) is 19.2. The van der Waals surface area contributed by atoms with Gasteiger partial charge in [0.2, 0.25) is 0 Å². The highest BCUT2D eigenvalue weighted by molar-refractivity contribution is 5.15. The zero-order valence-corrected chi connectivity index (χ0v) is 13.8. The van der Waals surface area contributed by atoms with Crippen molar-refractivity contribution in [3.05, 3.63) is 23.3 Å². The van der Waals surface area contributed by atoms with E-state index < -0.39 is 0 Å². The summed E-state index contributed by atoms with van der Waals surface area (Å²) in [5.74, 6) is 1.08. The molecule has 0 spiro atoms. The monoisotopic (exact) mass is 304 g/mol. The van der Waals surface area contributed by atoms with Gasteiger partial charge in [-0.3, -0.25) is 0 Å². The van der Waals surface area contributed by atoms with Crippen LogP contribution >= 0.6 is 0 Å². The quantitative estimate of drug-likeness (QED) is 0.646. The Morgan fingerprint density at radius 1 is 0.636 bits per heavy atom. The van der Waals surface area contributed by atoms with E-state index in [4.69, 9.17) is 0 Å². The Balaban J connectivity index is 0.000000131. The second-order valence-electron chi connectivity index (χ2n) is 7.55. The van der Waals surface area contributed by atoms with Crippen molar-refractivity contribution in [3.63, 3.8) is 0 Å². The summed E-state index contributed by atoms with van der Waals surface area (Å²) >= 11 is 0. The van der Waals surface area contributed by atoms with Crippen LogP contribution in [-0.4, -0.2) is 22.4 Å². The number of fused-ring (bicyclic) bond motifs is 2. The van der Waals surface area contributed by atoms with Crippen LogP contribution < -0.4 is 0 Å². The average molecular weight is 304 g/mol. The minimum absolute atomic E-state index is 0.0182. The number of aliphatic hydroxyl groups excluding tert-OH is 2. The molecule has 0 amide bonds. The summed E-state index contributed by atoms with van der Waals surface area (Å²) < 4.78 is 0. The molecule has 0 bridgehead atoms. The Morgan fingerprint density at radius 2 is 1.09 bits per heavy atom. The van der Waals surface area contributed by atoms with Crippen molar-refractivity contribution < 1.29 is 10.2 Å². The molecule has 2 fully saturated rings. The molecular formula is C20H32O2. The fraction of sp³-hybridized carbons (Fsp3) is 0.800. The molecule has 0 aromatic heterocycles. The van der Waals surface area contributed by atoms with Crippen LogP contribution in [0.15, 0.2) is 23.3 Å². The maximum absolute atomic E-state index is 9.66. The fourth-order valence-corrected chi connectivity index (χ4v) is 4.80. The van der Waals surface area contributed by atoms with Gasteiger partial charge >= 0.3 is 0 Å². The van der Waals surface area contributed by atoms with Crippen molar-refractivity contribution in [2.45, 2.75) is 89.3 Å². The van der Waals surface area contributed by atoms with E-state index in [1.54, 1.807) is 11.1 Å². The smallest absolute Gasteiger partial charge is 0.0608 e. The van der Waals surface area contributed by atoms with Crippen molar-refractivity contribution >= 4 is 0 Å². The Bertz CT molecular complexity index is 383.